The summed E-state index contributed by atoms with van der Waals surface area (Å²) in [6.07, 6.45) is 8.45. The molecule has 4 atom stereocenters. The molecular formula is C18H23N3O3S. The summed E-state index contributed by atoms with van der Waals surface area (Å²) < 4.78 is 5.15. The third-order valence-electron chi connectivity index (χ3n) is 5.83. The molecule has 0 N–H and O–H groups in total. The molecule has 0 amide bonds. The van der Waals surface area contributed by atoms with Crippen molar-refractivity contribution in [1.29, 1.82) is 0 Å². The number of anilines is 1. The fourth-order valence-corrected chi connectivity index (χ4v) is 5.05. The SMILES string of the molecule is CCOC(=O)C1CN(C2CC3CCC2C3)c2nc(SC)ncc2C1=O. The van der Waals surface area contributed by atoms with Crippen LogP contribution in [0.1, 0.15) is 43.0 Å². The van der Waals surface area contributed by atoms with Gasteiger partial charge in [-0.1, -0.05) is 18.2 Å². The van der Waals surface area contributed by atoms with E-state index in [-0.39, 0.29) is 12.4 Å². The molecule has 2 bridgehead atoms. The first kappa shape index (κ1) is 16.8. The second-order valence-electron chi connectivity index (χ2n) is 7.16. The lowest BCUT2D eigenvalue weighted by atomic mass is 9.88. The average Bonchev–Trinajstić information content (AvgIpc) is 3.25. The van der Waals surface area contributed by atoms with Crippen LogP contribution in [-0.4, -0.2) is 47.2 Å². The maximum atomic E-state index is 12.8. The first-order chi connectivity index (χ1) is 12.1. The first-order valence-electron chi connectivity index (χ1n) is 9.00. The number of aromatic nitrogens is 2. The third-order valence-corrected chi connectivity index (χ3v) is 6.40. The van der Waals surface area contributed by atoms with Gasteiger partial charge in [0.05, 0.1) is 12.2 Å². The molecule has 0 saturated heterocycles. The lowest BCUT2D eigenvalue weighted by Gasteiger charge is -2.40. The molecule has 6 nitrogen and oxygen atoms in total. The summed E-state index contributed by atoms with van der Waals surface area (Å²) in [5.41, 5.74) is 0.463. The number of esters is 1. The van der Waals surface area contributed by atoms with E-state index in [0.29, 0.717) is 35.0 Å². The van der Waals surface area contributed by atoms with E-state index in [1.54, 1.807) is 13.1 Å². The smallest absolute Gasteiger partial charge is 0.318 e. The Kier molecular flexibility index (Phi) is 4.43. The lowest BCUT2D eigenvalue weighted by Crippen LogP contribution is -2.50. The van der Waals surface area contributed by atoms with Gasteiger partial charge in [-0.25, -0.2) is 9.97 Å². The van der Waals surface area contributed by atoms with Crippen LogP contribution >= 0.6 is 11.8 Å². The Morgan fingerprint density at radius 2 is 2.24 bits per heavy atom. The minimum Gasteiger partial charge on any atom is -0.465 e. The van der Waals surface area contributed by atoms with E-state index in [1.807, 2.05) is 6.26 Å². The summed E-state index contributed by atoms with van der Waals surface area (Å²) in [5.74, 6) is 0.721. The van der Waals surface area contributed by atoms with Crippen molar-refractivity contribution in [3.63, 3.8) is 0 Å². The van der Waals surface area contributed by atoms with Gasteiger partial charge in [-0.05, 0) is 44.3 Å². The Labute approximate surface area is 151 Å². The summed E-state index contributed by atoms with van der Waals surface area (Å²) >= 11 is 1.47. The maximum Gasteiger partial charge on any atom is 0.318 e. The zero-order chi connectivity index (χ0) is 17.6. The van der Waals surface area contributed by atoms with E-state index in [0.717, 1.165) is 12.3 Å². The second kappa shape index (κ2) is 6.59. The van der Waals surface area contributed by atoms with Crippen molar-refractivity contribution in [2.45, 2.75) is 43.8 Å². The largest absolute Gasteiger partial charge is 0.465 e. The van der Waals surface area contributed by atoms with E-state index in [9.17, 15) is 9.59 Å². The van der Waals surface area contributed by atoms with Crippen LogP contribution in [0.5, 0.6) is 0 Å². The number of ketones is 1. The van der Waals surface area contributed by atoms with Gasteiger partial charge in [0.1, 0.15) is 11.7 Å². The molecule has 2 aliphatic carbocycles. The van der Waals surface area contributed by atoms with Crippen LogP contribution in [0.4, 0.5) is 5.82 Å². The van der Waals surface area contributed by atoms with Crippen LogP contribution in [0.3, 0.4) is 0 Å². The summed E-state index contributed by atoms with van der Waals surface area (Å²) in [4.78, 5) is 36.3. The molecule has 0 aromatic carbocycles. The van der Waals surface area contributed by atoms with Gasteiger partial charge < -0.3 is 9.64 Å². The van der Waals surface area contributed by atoms with Crippen LogP contribution in [-0.2, 0) is 9.53 Å². The van der Waals surface area contributed by atoms with Crippen molar-refractivity contribution in [2.75, 3.05) is 24.3 Å². The number of ether oxygens (including phenoxy) is 1. The van der Waals surface area contributed by atoms with E-state index < -0.39 is 11.9 Å². The van der Waals surface area contributed by atoms with Crippen molar-refractivity contribution in [2.24, 2.45) is 17.8 Å². The minimum atomic E-state index is -0.768. The Hall–Kier alpha value is -1.63. The quantitative estimate of drug-likeness (QED) is 0.353. The van der Waals surface area contributed by atoms with Gasteiger partial charge in [0, 0.05) is 18.8 Å². The maximum absolute atomic E-state index is 12.8. The first-order valence-corrected chi connectivity index (χ1v) is 10.2. The average molecular weight is 361 g/mol. The predicted molar refractivity (Wildman–Crippen MR) is 94.8 cm³/mol. The number of hydrogen-bond donors (Lipinski definition) is 0. The van der Waals surface area contributed by atoms with Gasteiger partial charge in [0.25, 0.3) is 0 Å². The van der Waals surface area contributed by atoms with Gasteiger partial charge in [-0.15, -0.1) is 0 Å². The summed E-state index contributed by atoms with van der Waals surface area (Å²) in [7, 11) is 0. The molecule has 0 radical (unpaired) electrons. The highest BCUT2D eigenvalue weighted by molar-refractivity contribution is 7.98. The fourth-order valence-electron chi connectivity index (χ4n) is 4.71. The van der Waals surface area contributed by atoms with Crippen LogP contribution in [0.25, 0.3) is 0 Å². The normalized spacial score (nSPS) is 30.5. The van der Waals surface area contributed by atoms with E-state index in [1.165, 1.54) is 31.0 Å². The highest BCUT2D eigenvalue weighted by Gasteiger charge is 2.47. The van der Waals surface area contributed by atoms with Crippen LogP contribution in [0.2, 0.25) is 0 Å². The molecule has 2 fully saturated rings. The van der Waals surface area contributed by atoms with Crippen molar-refractivity contribution in [3.8, 4) is 0 Å². The van der Waals surface area contributed by atoms with Gasteiger partial charge in [0.15, 0.2) is 10.9 Å². The van der Waals surface area contributed by atoms with Gasteiger partial charge in [-0.3, -0.25) is 9.59 Å². The van der Waals surface area contributed by atoms with Crippen molar-refractivity contribution >= 4 is 29.3 Å². The molecule has 4 rings (SSSR count). The number of carbonyl (C=O) groups excluding carboxylic acids is 2. The zero-order valence-corrected chi connectivity index (χ0v) is 15.4. The molecule has 2 heterocycles. The number of Topliss-reactive ketones (excluding diaryl/α,β-unsaturated/α-hetero) is 1. The molecule has 1 aliphatic heterocycles. The van der Waals surface area contributed by atoms with E-state index in [2.05, 4.69) is 14.9 Å². The van der Waals surface area contributed by atoms with Gasteiger partial charge in [-0.2, -0.15) is 0 Å². The monoisotopic (exact) mass is 361 g/mol. The molecule has 0 spiro atoms. The van der Waals surface area contributed by atoms with Gasteiger partial charge in [0.2, 0.25) is 0 Å². The summed E-state index contributed by atoms with van der Waals surface area (Å²) in [5, 5.41) is 0.661. The molecule has 1 aromatic heterocycles. The zero-order valence-electron chi connectivity index (χ0n) is 14.6. The molecule has 1 aromatic rings. The van der Waals surface area contributed by atoms with E-state index >= 15 is 0 Å². The third kappa shape index (κ3) is 2.82. The molecule has 134 valence electrons. The lowest BCUT2D eigenvalue weighted by molar-refractivity contribution is -0.146. The second-order valence-corrected chi connectivity index (χ2v) is 7.93. The number of nitrogens with zero attached hydrogens (tertiary/aromatic N) is 3. The number of hydrogen-bond acceptors (Lipinski definition) is 7. The Balaban J connectivity index is 1.72. The van der Waals surface area contributed by atoms with Crippen LogP contribution in [0.15, 0.2) is 11.4 Å². The van der Waals surface area contributed by atoms with Crippen molar-refractivity contribution in [3.05, 3.63) is 11.8 Å². The molecule has 4 unspecified atom stereocenters. The Bertz CT molecular complexity index is 711. The van der Waals surface area contributed by atoms with Crippen LogP contribution < -0.4 is 4.90 Å². The number of carbonyl (C=O) groups is 2. The summed E-state index contributed by atoms with van der Waals surface area (Å²) in [6.45, 7) is 2.43. The molecule has 25 heavy (non-hydrogen) atoms. The topological polar surface area (TPSA) is 72.4 Å². The highest BCUT2D eigenvalue weighted by Crippen LogP contribution is 2.48. The molecular weight excluding hydrogens is 338 g/mol. The van der Waals surface area contributed by atoms with Crippen molar-refractivity contribution in [1.82, 2.24) is 9.97 Å². The Morgan fingerprint density at radius 1 is 1.40 bits per heavy atom. The standard InChI is InChI=1S/C18H23N3O3S/c1-3-24-17(23)13-9-21(14-7-10-4-5-11(14)6-10)16-12(15(13)22)8-19-18(20-16)25-2/h8,10-11,13-14H,3-7,9H2,1-2H3. The minimum absolute atomic E-state index is 0.208. The van der Waals surface area contributed by atoms with Gasteiger partial charge >= 0.3 is 5.97 Å². The number of thioether (sulfide) groups is 1. The predicted octanol–water partition coefficient (Wildman–Crippen LogP) is 2.57. The molecule has 7 heteroatoms. The van der Waals surface area contributed by atoms with Crippen molar-refractivity contribution < 1.29 is 14.3 Å². The van der Waals surface area contributed by atoms with Crippen LogP contribution in [0, 0.1) is 17.8 Å². The van der Waals surface area contributed by atoms with E-state index in [4.69, 9.17) is 4.74 Å². The molecule has 3 aliphatic rings. The molecule has 2 saturated carbocycles. The number of fused-ring (bicyclic) bond motifs is 3. The Morgan fingerprint density at radius 3 is 2.88 bits per heavy atom. The highest BCUT2D eigenvalue weighted by atomic mass is 32.2. The summed E-state index contributed by atoms with van der Waals surface area (Å²) in [6, 6.07) is 0.368. The fraction of sp³-hybridized carbons (Fsp3) is 0.667. The number of rotatable bonds is 4.